The van der Waals surface area contributed by atoms with Crippen LogP contribution >= 0.6 is 11.6 Å². The largest absolute Gasteiger partial charge is 0.324 e. The van der Waals surface area contributed by atoms with Crippen LogP contribution in [-0.2, 0) is 11.3 Å². The first-order valence-corrected chi connectivity index (χ1v) is 9.05. The molecule has 3 aromatic rings. The van der Waals surface area contributed by atoms with E-state index in [4.69, 9.17) is 11.6 Å². The number of nitrogens with zero attached hydrogens (tertiary/aromatic N) is 3. The maximum Gasteiger partial charge on any atom is 0.278 e. The van der Waals surface area contributed by atoms with Crippen LogP contribution in [0.25, 0.3) is 0 Å². The van der Waals surface area contributed by atoms with Crippen molar-refractivity contribution in [2.75, 3.05) is 10.6 Å². The van der Waals surface area contributed by atoms with Crippen molar-refractivity contribution in [3.05, 3.63) is 70.0 Å². The smallest absolute Gasteiger partial charge is 0.278 e. The van der Waals surface area contributed by atoms with Gasteiger partial charge < -0.3 is 10.6 Å². The lowest BCUT2D eigenvalue weighted by atomic mass is 10.1. The van der Waals surface area contributed by atoms with E-state index in [2.05, 4.69) is 20.9 Å². The van der Waals surface area contributed by atoms with Crippen molar-refractivity contribution in [1.29, 1.82) is 0 Å². The number of halogens is 1. The minimum absolute atomic E-state index is 0.0572. The summed E-state index contributed by atoms with van der Waals surface area (Å²) < 4.78 is 1.39. The van der Waals surface area contributed by atoms with Gasteiger partial charge in [0.25, 0.3) is 5.91 Å². The number of benzene rings is 2. The first-order chi connectivity index (χ1) is 13.3. The molecule has 0 aliphatic carbocycles. The van der Waals surface area contributed by atoms with Crippen LogP contribution in [0.15, 0.2) is 42.5 Å². The molecule has 1 aromatic heterocycles. The Hall–Kier alpha value is -3.19. The van der Waals surface area contributed by atoms with Gasteiger partial charge in [-0.3, -0.25) is 9.59 Å². The molecule has 0 fully saturated rings. The average molecular weight is 398 g/mol. The van der Waals surface area contributed by atoms with Crippen LogP contribution in [0.1, 0.15) is 27.3 Å². The fraction of sp³-hybridized carbons (Fsp3) is 0.200. The van der Waals surface area contributed by atoms with Crippen molar-refractivity contribution in [3.63, 3.8) is 0 Å². The van der Waals surface area contributed by atoms with Crippen molar-refractivity contribution >= 4 is 34.8 Å². The molecule has 1 heterocycles. The predicted octanol–water partition coefficient (Wildman–Crippen LogP) is 3.75. The van der Waals surface area contributed by atoms with Crippen molar-refractivity contribution < 1.29 is 9.59 Å². The van der Waals surface area contributed by atoms with Crippen LogP contribution in [-0.4, -0.2) is 26.8 Å². The molecule has 7 nitrogen and oxygen atoms in total. The fourth-order valence-electron chi connectivity index (χ4n) is 2.73. The van der Waals surface area contributed by atoms with E-state index in [1.165, 1.54) is 4.68 Å². The lowest BCUT2D eigenvalue weighted by Crippen LogP contribution is -2.21. The minimum Gasteiger partial charge on any atom is -0.324 e. The molecule has 0 saturated heterocycles. The summed E-state index contributed by atoms with van der Waals surface area (Å²) in [6, 6.07) is 12.5. The van der Waals surface area contributed by atoms with E-state index in [0.29, 0.717) is 22.1 Å². The number of aromatic nitrogens is 3. The highest BCUT2D eigenvalue weighted by Gasteiger charge is 2.18. The summed E-state index contributed by atoms with van der Waals surface area (Å²) in [5.74, 6) is -0.648. The van der Waals surface area contributed by atoms with Crippen LogP contribution < -0.4 is 10.6 Å². The summed E-state index contributed by atoms with van der Waals surface area (Å²) in [6.07, 6.45) is 0. The third-order valence-corrected chi connectivity index (χ3v) is 4.50. The molecule has 2 aromatic carbocycles. The van der Waals surface area contributed by atoms with Crippen LogP contribution in [0.2, 0.25) is 5.02 Å². The SMILES string of the molecule is Cc1ccc(NC(=O)c2nnn(CC(=O)Nc3ccc(Cl)cc3)c2C)c(C)c1. The fourth-order valence-corrected chi connectivity index (χ4v) is 2.85. The van der Waals surface area contributed by atoms with Gasteiger partial charge >= 0.3 is 0 Å². The highest BCUT2D eigenvalue weighted by Crippen LogP contribution is 2.18. The summed E-state index contributed by atoms with van der Waals surface area (Å²) in [7, 11) is 0. The van der Waals surface area contributed by atoms with E-state index in [1.54, 1.807) is 31.2 Å². The van der Waals surface area contributed by atoms with Crippen LogP contribution in [0.3, 0.4) is 0 Å². The Bertz CT molecular complexity index is 1030. The van der Waals surface area contributed by atoms with E-state index in [-0.39, 0.29) is 24.1 Å². The molecule has 8 heteroatoms. The minimum atomic E-state index is -0.367. The molecular formula is C20H20ClN5O2. The highest BCUT2D eigenvalue weighted by atomic mass is 35.5. The van der Waals surface area contributed by atoms with Crippen LogP contribution in [0.5, 0.6) is 0 Å². The van der Waals surface area contributed by atoms with E-state index in [1.807, 2.05) is 32.0 Å². The molecule has 28 heavy (non-hydrogen) atoms. The normalized spacial score (nSPS) is 10.6. The predicted molar refractivity (Wildman–Crippen MR) is 109 cm³/mol. The van der Waals surface area contributed by atoms with Crippen LogP contribution in [0, 0.1) is 20.8 Å². The maximum atomic E-state index is 12.6. The molecule has 0 unspecified atom stereocenters. The van der Waals surface area contributed by atoms with Gasteiger partial charge in [-0.25, -0.2) is 4.68 Å². The zero-order valence-corrected chi connectivity index (χ0v) is 16.5. The van der Waals surface area contributed by atoms with E-state index >= 15 is 0 Å². The number of aryl methyl sites for hydroxylation is 2. The maximum absolute atomic E-state index is 12.6. The molecule has 2 N–H and O–H groups in total. The number of carbonyl (C=O) groups is 2. The van der Waals surface area contributed by atoms with Gasteiger partial charge in [0.05, 0.1) is 5.69 Å². The summed E-state index contributed by atoms with van der Waals surface area (Å²) in [5.41, 5.74) is 4.10. The van der Waals surface area contributed by atoms with Gasteiger partial charge in [-0.05, 0) is 56.7 Å². The molecule has 0 radical (unpaired) electrons. The zero-order chi connectivity index (χ0) is 20.3. The van der Waals surface area contributed by atoms with Crippen LogP contribution in [0.4, 0.5) is 11.4 Å². The summed E-state index contributed by atoms with van der Waals surface area (Å²) in [6.45, 7) is 5.56. The third kappa shape index (κ3) is 4.55. The van der Waals surface area contributed by atoms with Gasteiger partial charge in [0.2, 0.25) is 5.91 Å². The Morgan fingerprint density at radius 1 is 1.04 bits per heavy atom. The molecule has 0 spiro atoms. The van der Waals surface area contributed by atoms with Crippen molar-refractivity contribution in [2.24, 2.45) is 0 Å². The second kappa shape index (κ2) is 8.22. The summed E-state index contributed by atoms with van der Waals surface area (Å²) in [4.78, 5) is 24.8. The van der Waals surface area contributed by atoms with Gasteiger partial charge in [0.1, 0.15) is 6.54 Å². The number of hydrogen-bond acceptors (Lipinski definition) is 4. The first-order valence-electron chi connectivity index (χ1n) is 8.67. The van der Waals surface area contributed by atoms with Gasteiger partial charge in [0, 0.05) is 16.4 Å². The Morgan fingerprint density at radius 3 is 2.43 bits per heavy atom. The third-order valence-electron chi connectivity index (χ3n) is 4.25. The van der Waals surface area contributed by atoms with Crippen molar-refractivity contribution in [1.82, 2.24) is 15.0 Å². The zero-order valence-electron chi connectivity index (χ0n) is 15.8. The summed E-state index contributed by atoms with van der Waals surface area (Å²) in [5, 5.41) is 14.0. The standard InChI is InChI=1S/C20H20ClN5O2/c1-12-4-9-17(13(2)10-12)23-20(28)19-14(3)26(25-24-19)11-18(27)22-16-7-5-15(21)6-8-16/h4-10H,11H2,1-3H3,(H,22,27)(H,23,28). The lowest BCUT2D eigenvalue weighted by molar-refractivity contribution is -0.117. The van der Waals surface area contributed by atoms with Crippen molar-refractivity contribution in [2.45, 2.75) is 27.3 Å². The van der Waals surface area contributed by atoms with E-state index < -0.39 is 0 Å². The number of nitrogens with one attached hydrogen (secondary N) is 2. The number of hydrogen-bond donors (Lipinski definition) is 2. The average Bonchev–Trinajstić information content (AvgIpc) is 3.00. The highest BCUT2D eigenvalue weighted by molar-refractivity contribution is 6.30. The Kier molecular flexibility index (Phi) is 5.75. The number of anilines is 2. The molecule has 2 amide bonds. The van der Waals surface area contributed by atoms with E-state index in [0.717, 1.165) is 11.1 Å². The van der Waals surface area contributed by atoms with Gasteiger partial charge in [-0.2, -0.15) is 0 Å². The van der Waals surface area contributed by atoms with E-state index in [9.17, 15) is 9.59 Å². The van der Waals surface area contributed by atoms with Gasteiger partial charge in [-0.1, -0.05) is 34.5 Å². The number of rotatable bonds is 5. The molecular weight excluding hydrogens is 378 g/mol. The number of carbonyl (C=O) groups excluding carboxylic acids is 2. The molecule has 0 saturated carbocycles. The van der Waals surface area contributed by atoms with Gasteiger partial charge in [0.15, 0.2) is 5.69 Å². The molecule has 0 bridgehead atoms. The van der Waals surface area contributed by atoms with Gasteiger partial charge in [-0.15, -0.1) is 5.10 Å². The second-order valence-electron chi connectivity index (χ2n) is 6.51. The quantitative estimate of drug-likeness (QED) is 0.686. The molecule has 3 rings (SSSR count). The Morgan fingerprint density at radius 2 is 1.75 bits per heavy atom. The summed E-state index contributed by atoms with van der Waals surface area (Å²) >= 11 is 5.83. The molecule has 0 atom stereocenters. The second-order valence-corrected chi connectivity index (χ2v) is 6.95. The number of amides is 2. The molecule has 0 aliphatic heterocycles. The topological polar surface area (TPSA) is 88.9 Å². The van der Waals surface area contributed by atoms with Crippen molar-refractivity contribution in [3.8, 4) is 0 Å². The first kappa shape index (κ1) is 19.6. The molecule has 0 aliphatic rings. The lowest BCUT2D eigenvalue weighted by Gasteiger charge is -2.09. The monoisotopic (exact) mass is 397 g/mol. The Balaban J connectivity index is 1.68. The Labute approximate surface area is 167 Å². The molecule has 144 valence electrons.